The maximum absolute atomic E-state index is 5.63. The molecule has 1 unspecified atom stereocenters. The lowest BCUT2D eigenvalue weighted by molar-refractivity contribution is -0.385. The standard InChI is InChI=1S/C13H25O5/c1-6-14-9-10-15-11-13(16-7-2,17-8-3)18-12(4)5/h7,12H,1-2,6,8-11H2,3-5H3. The first-order valence-corrected chi connectivity index (χ1v) is 6.15. The zero-order chi connectivity index (χ0) is 13.9. The third kappa shape index (κ3) is 7.66. The lowest BCUT2D eigenvalue weighted by atomic mass is 10.4. The van der Waals surface area contributed by atoms with Gasteiger partial charge >= 0.3 is 5.97 Å². The number of hydrogen-bond donors (Lipinski definition) is 0. The lowest BCUT2D eigenvalue weighted by Crippen LogP contribution is -2.44. The van der Waals surface area contributed by atoms with Crippen LogP contribution in [0.2, 0.25) is 0 Å². The highest BCUT2D eigenvalue weighted by Gasteiger charge is 2.35. The first kappa shape index (κ1) is 17.4. The van der Waals surface area contributed by atoms with Gasteiger partial charge in [0.2, 0.25) is 0 Å². The Morgan fingerprint density at radius 1 is 1.22 bits per heavy atom. The minimum atomic E-state index is -1.24. The maximum Gasteiger partial charge on any atom is 0.351 e. The van der Waals surface area contributed by atoms with Crippen molar-refractivity contribution in [3.05, 3.63) is 19.8 Å². The van der Waals surface area contributed by atoms with Crippen molar-refractivity contribution >= 4 is 0 Å². The summed E-state index contributed by atoms with van der Waals surface area (Å²) in [6.45, 7) is 14.6. The highest BCUT2D eigenvalue weighted by Crippen LogP contribution is 2.19. The van der Waals surface area contributed by atoms with Gasteiger partial charge in [-0.3, -0.25) is 0 Å². The van der Waals surface area contributed by atoms with Crippen molar-refractivity contribution in [3.63, 3.8) is 0 Å². The summed E-state index contributed by atoms with van der Waals surface area (Å²) in [5.74, 6) is -1.24. The Morgan fingerprint density at radius 2 is 1.89 bits per heavy atom. The molecule has 18 heavy (non-hydrogen) atoms. The molecule has 0 aromatic carbocycles. The van der Waals surface area contributed by atoms with Crippen LogP contribution in [-0.4, -0.2) is 45.1 Å². The molecule has 0 bridgehead atoms. The molecule has 5 nitrogen and oxygen atoms in total. The van der Waals surface area contributed by atoms with Crippen molar-refractivity contribution in [3.8, 4) is 0 Å². The van der Waals surface area contributed by atoms with Crippen molar-refractivity contribution in [2.24, 2.45) is 0 Å². The molecular formula is C13H25O5. The minimum Gasteiger partial charge on any atom is -0.446 e. The van der Waals surface area contributed by atoms with Crippen LogP contribution in [0.4, 0.5) is 0 Å². The largest absolute Gasteiger partial charge is 0.446 e. The number of rotatable bonds is 12. The van der Waals surface area contributed by atoms with Crippen LogP contribution < -0.4 is 0 Å². The monoisotopic (exact) mass is 261 g/mol. The Kier molecular flexibility index (Phi) is 9.96. The molecule has 0 aliphatic carbocycles. The smallest absolute Gasteiger partial charge is 0.351 e. The number of ether oxygens (including phenoxy) is 5. The minimum absolute atomic E-state index is 0.0591. The van der Waals surface area contributed by atoms with Crippen LogP contribution in [-0.2, 0) is 23.7 Å². The number of hydrogen-bond acceptors (Lipinski definition) is 5. The maximum atomic E-state index is 5.63. The van der Waals surface area contributed by atoms with Gasteiger partial charge in [0.1, 0.15) is 6.61 Å². The molecule has 0 heterocycles. The first-order valence-electron chi connectivity index (χ1n) is 6.15. The molecule has 5 heteroatoms. The molecule has 0 rings (SSSR count). The fourth-order valence-corrected chi connectivity index (χ4v) is 1.33. The first-order chi connectivity index (χ1) is 8.60. The van der Waals surface area contributed by atoms with E-state index in [1.165, 1.54) is 6.26 Å². The fourth-order valence-electron chi connectivity index (χ4n) is 1.33. The van der Waals surface area contributed by atoms with Crippen LogP contribution in [0.1, 0.15) is 20.8 Å². The third-order valence-electron chi connectivity index (χ3n) is 1.84. The van der Waals surface area contributed by atoms with Crippen molar-refractivity contribution < 1.29 is 23.7 Å². The highest BCUT2D eigenvalue weighted by atomic mass is 16.9. The van der Waals surface area contributed by atoms with E-state index >= 15 is 0 Å². The van der Waals surface area contributed by atoms with Crippen LogP contribution in [0, 0.1) is 6.92 Å². The van der Waals surface area contributed by atoms with Gasteiger partial charge in [0.25, 0.3) is 0 Å². The summed E-state index contributed by atoms with van der Waals surface area (Å²) < 4.78 is 27.0. The molecule has 107 valence electrons. The van der Waals surface area contributed by atoms with E-state index in [1.807, 2.05) is 20.8 Å². The van der Waals surface area contributed by atoms with Crippen molar-refractivity contribution in [1.29, 1.82) is 0 Å². The molecule has 0 aromatic rings. The average Bonchev–Trinajstić information content (AvgIpc) is 2.28. The zero-order valence-electron chi connectivity index (χ0n) is 11.6. The average molecular weight is 261 g/mol. The molecule has 1 radical (unpaired) electrons. The Bertz CT molecular complexity index is 208. The molecule has 0 saturated carbocycles. The van der Waals surface area contributed by atoms with Gasteiger partial charge in [0, 0.05) is 6.61 Å². The van der Waals surface area contributed by atoms with E-state index in [2.05, 4.69) is 13.5 Å². The summed E-state index contributed by atoms with van der Waals surface area (Å²) in [5, 5.41) is 0. The molecule has 0 N–H and O–H groups in total. The predicted octanol–water partition coefficient (Wildman–Crippen LogP) is 2.13. The topological polar surface area (TPSA) is 46.2 Å². The van der Waals surface area contributed by atoms with Gasteiger partial charge in [0.05, 0.1) is 32.2 Å². The van der Waals surface area contributed by atoms with Gasteiger partial charge in [-0.1, -0.05) is 6.58 Å². The van der Waals surface area contributed by atoms with Crippen LogP contribution in [0.25, 0.3) is 0 Å². The van der Waals surface area contributed by atoms with Crippen molar-refractivity contribution in [2.45, 2.75) is 32.8 Å². The van der Waals surface area contributed by atoms with E-state index in [1.54, 1.807) is 0 Å². The highest BCUT2D eigenvalue weighted by molar-refractivity contribution is 4.64. The second-order valence-corrected chi connectivity index (χ2v) is 3.73. The fraction of sp³-hybridized carbons (Fsp3) is 0.769. The van der Waals surface area contributed by atoms with Gasteiger partial charge in [-0.15, -0.1) is 0 Å². The van der Waals surface area contributed by atoms with E-state index in [0.29, 0.717) is 26.4 Å². The Morgan fingerprint density at radius 3 is 2.39 bits per heavy atom. The Hall–Kier alpha value is -0.620. The second-order valence-electron chi connectivity index (χ2n) is 3.73. The molecule has 0 spiro atoms. The molecule has 0 amide bonds. The summed E-state index contributed by atoms with van der Waals surface area (Å²) in [4.78, 5) is 0. The Balaban J connectivity index is 4.27. The second kappa shape index (κ2) is 10.3. The van der Waals surface area contributed by atoms with Crippen molar-refractivity contribution in [2.75, 3.05) is 33.0 Å². The molecule has 1 atom stereocenters. The molecular weight excluding hydrogens is 236 g/mol. The van der Waals surface area contributed by atoms with E-state index in [4.69, 9.17) is 23.7 Å². The molecule has 0 aromatic heterocycles. The van der Waals surface area contributed by atoms with E-state index in [9.17, 15) is 0 Å². The van der Waals surface area contributed by atoms with Crippen LogP contribution in [0.15, 0.2) is 12.8 Å². The predicted molar refractivity (Wildman–Crippen MR) is 68.9 cm³/mol. The summed E-state index contributed by atoms with van der Waals surface area (Å²) >= 11 is 0. The van der Waals surface area contributed by atoms with Crippen LogP contribution in [0.5, 0.6) is 0 Å². The van der Waals surface area contributed by atoms with E-state index in [0.717, 1.165) is 0 Å². The van der Waals surface area contributed by atoms with Crippen molar-refractivity contribution in [1.82, 2.24) is 0 Å². The van der Waals surface area contributed by atoms with Crippen LogP contribution in [0.3, 0.4) is 0 Å². The SMILES string of the molecule is [CH2]COCCOCC(OC=C)(OCC)OC(C)C. The lowest BCUT2D eigenvalue weighted by Gasteiger charge is -2.33. The van der Waals surface area contributed by atoms with Crippen LogP contribution >= 0.6 is 0 Å². The quantitative estimate of drug-likeness (QED) is 0.306. The van der Waals surface area contributed by atoms with E-state index in [-0.39, 0.29) is 12.7 Å². The van der Waals surface area contributed by atoms with Gasteiger partial charge in [-0.25, -0.2) is 0 Å². The molecule has 0 aliphatic rings. The summed E-state index contributed by atoms with van der Waals surface area (Å²) in [7, 11) is 0. The van der Waals surface area contributed by atoms with Gasteiger partial charge < -0.3 is 23.7 Å². The summed E-state index contributed by atoms with van der Waals surface area (Å²) in [6.07, 6.45) is 1.23. The van der Waals surface area contributed by atoms with Gasteiger partial charge in [-0.2, -0.15) is 0 Å². The Labute approximate surface area is 110 Å². The van der Waals surface area contributed by atoms with Gasteiger partial charge in [-0.05, 0) is 27.7 Å². The third-order valence-corrected chi connectivity index (χ3v) is 1.84. The zero-order valence-corrected chi connectivity index (χ0v) is 11.6. The van der Waals surface area contributed by atoms with E-state index < -0.39 is 5.97 Å². The summed E-state index contributed by atoms with van der Waals surface area (Å²) in [5.41, 5.74) is 0. The summed E-state index contributed by atoms with van der Waals surface area (Å²) in [6, 6.07) is 0. The molecule has 0 aliphatic heterocycles. The molecule has 0 fully saturated rings. The normalized spacial score (nSPS) is 14.5. The molecule has 0 saturated heterocycles. The van der Waals surface area contributed by atoms with Gasteiger partial charge in [0.15, 0.2) is 0 Å².